The van der Waals surface area contributed by atoms with Gasteiger partial charge >= 0.3 is 0 Å². The van der Waals surface area contributed by atoms with Gasteiger partial charge in [-0.25, -0.2) is 9.97 Å². The Labute approximate surface area is 164 Å². The van der Waals surface area contributed by atoms with Crippen molar-refractivity contribution in [2.24, 2.45) is 0 Å². The Kier molecular flexibility index (Phi) is 5.19. The SMILES string of the molecule is CCOc1ccc(Nc2ncc(C(=O)N3CCc4ccccc4C3)cn2)cc1. The second-order valence-electron chi connectivity index (χ2n) is 6.62. The van der Waals surface area contributed by atoms with Crippen molar-refractivity contribution in [3.05, 3.63) is 77.6 Å². The van der Waals surface area contributed by atoms with Crippen molar-refractivity contribution in [3.63, 3.8) is 0 Å². The van der Waals surface area contributed by atoms with Gasteiger partial charge in [0, 0.05) is 31.2 Å². The van der Waals surface area contributed by atoms with E-state index in [2.05, 4.69) is 27.4 Å². The van der Waals surface area contributed by atoms with E-state index in [4.69, 9.17) is 4.74 Å². The largest absolute Gasteiger partial charge is 0.494 e. The zero-order chi connectivity index (χ0) is 19.3. The molecule has 0 saturated carbocycles. The summed E-state index contributed by atoms with van der Waals surface area (Å²) in [6.45, 7) is 3.92. The number of hydrogen-bond acceptors (Lipinski definition) is 5. The summed E-state index contributed by atoms with van der Waals surface area (Å²) in [5.41, 5.74) is 3.88. The smallest absolute Gasteiger partial charge is 0.257 e. The molecule has 28 heavy (non-hydrogen) atoms. The molecule has 2 aromatic carbocycles. The summed E-state index contributed by atoms with van der Waals surface area (Å²) >= 11 is 0. The molecular formula is C22H22N4O2. The summed E-state index contributed by atoms with van der Waals surface area (Å²) in [4.78, 5) is 23.2. The first-order valence-electron chi connectivity index (χ1n) is 9.41. The van der Waals surface area contributed by atoms with Crippen molar-refractivity contribution in [1.82, 2.24) is 14.9 Å². The van der Waals surface area contributed by atoms with Crippen molar-refractivity contribution in [2.75, 3.05) is 18.5 Å². The Morgan fingerprint density at radius 3 is 2.50 bits per heavy atom. The average molecular weight is 374 g/mol. The molecule has 1 N–H and O–H groups in total. The predicted octanol–water partition coefficient (Wildman–Crippen LogP) is 3.82. The molecule has 0 spiro atoms. The minimum absolute atomic E-state index is 0.0397. The first kappa shape index (κ1) is 18.0. The van der Waals surface area contributed by atoms with Crippen molar-refractivity contribution in [3.8, 4) is 5.75 Å². The van der Waals surface area contributed by atoms with E-state index in [1.165, 1.54) is 11.1 Å². The second kappa shape index (κ2) is 8.08. The number of ether oxygens (including phenoxy) is 1. The van der Waals surface area contributed by atoms with Gasteiger partial charge in [0.1, 0.15) is 5.75 Å². The Morgan fingerprint density at radius 2 is 1.79 bits per heavy atom. The monoisotopic (exact) mass is 374 g/mol. The first-order chi connectivity index (χ1) is 13.7. The highest BCUT2D eigenvalue weighted by Crippen LogP contribution is 2.21. The lowest BCUT2D eigenvalue weighted by Crippen LogP contribution is -2.36. The van der Waals surface area contributed by atoms with E-state index in [-0.39, 0.29) is 5.91 Å². The molecule has 1 aromatic heterocycles. The van der Waals surface area contributed by atoms with E-state index in [0.717, 1.165) is 17.9 Å². The molecule has 0 radical (unpaired) electrons. The van der Waals surface area contributed by atoms with Crippen molar-refractivity contribution in [2.45, 2.75) is 19.9 Å². The quantitative estimate of drug-likeness (QED) is 0.735. The molecule has 142 valence electrons. The van der Waals surface area contributed by atoms with Gasteiger partial charge in [-0.2, -0.15) is 0 Å². The maximum Gasteiger partial charge on any atom is 0.257 e. The molecule has 6 nitrogen and oxygen atoms in total. The summed E-state index contributed by atoms with van der Waals surface area (Å²) in [7, 11) is 0. The highest BCUT2D eigenvalue weighted by molar-refractivity contribution is 5.93. The Bertz CT molecular complexity index is 955. The number of carbonyl (C=O) groups is 1. The van der Waals surface area contributed by atoms with Crippen LogP contribution in [0.15, 0.2) is 60.9 Å². The molecule has 1 aliphatic heterocycles. The van der Waals surface area contributed by atoms with Crippen molar-refractivity contribution < 1.29 is 9.53 Å². The van der Waals surface area contributed by atoms with Crippen molar-refractivity contribution >= 4 is 17.5 Å². The Morgan fingerprint density at radius 1 is 1.07 bits per heavy atom. The van der Waals surface area contributed by atoms with Crippen LogP contribution in [0.25, 0.3) is 0 Å². The molecule has 0 unspecified atom stereocenters. The zero-order valence-electron chi connectivity index (χ0n) is 15.8. The topological polar surface area (TPSA) is 67.3 Å². The molecule has 0 saturated heterocycles. The number of nitrogens with zero attached hydrogens (tertiary/aromatic N) is 3. The predicted molar refractivity (Wildman–Crippen MR) is 108 cm³/mol. The third-order valence-corrected chi connectivity index (χ3v) is 4.74. The van der Waals surface area contributed by atoms with Crippen LogP contribution < -0.4 is 10.1 Å². The van der Waals surface area contributed by atoms with E-state index >= 15 is 0 Å². The lowest BCUT2D eigenvalue weighted by atomic mass is 9.99. The van der Waals surface area contributed by atoms with Gasteiger partial charge in [0.05, 0.1) is 12.2 Å². The molecule has 6 heteroatoms. The molecule has 1 aliphatic rings. The van der Waals surface area contributed by atoms with Gasteiger partial charge in [-0.3, -0.25) is 4.79 Å². The van der Waals surface area contributed by atoms with Gasteiger partial charge in [0.2, 0.25) is 5.95 Å². The Balaban J connectivity index is 1.41. The zero-order valence-corrected chi connectivity index (χ0v) is 15.8. The summed E-state index contributed by atoms with van der Waals surface area (Å²) in [5, 5.41) is 3.13. The molecule has 4 rings (SSSR count). The second-order valence-corrected chi connectivity index (χ2v) is 6.62. The highest BCUT2D eigenvalue weighted by atomic mass is 16.5. The number of rotatable bonds is 5. The van der Waals surface area contributed by atoms with Crippen LogP contribution in [-0.4, -0.2) is 33.9 Å². The van der Waals surface area contributed by atoms with E-state index in [1.54, 1.807) is 12.4 Å². The number of amides is 1. The van der Waals surface area contributed by atoms with Gasteiger partial charge < -0.3 is 15.0 Å². The van der Waals surface area contributed by atoms with Crippen LogP contribution in [-0.2, 0) is 13.0 Å². The first-order valence-corrected chi connectivity index (χ1v) is 9.41. The maximum absolute atomic E-state index is 12.8. The summed E-state index contributed by atoms with van der Waals surface area (Å²) in [6, 6.07) is 15.8. The van der Waals surface area contributed by atoms with Crippen LogP contribution >= 0.6 is 0 Å². The molecule has 0 aliphatic carbocycles. The van der Waals surface area contributed by atoms with Gasteiger partial charge in [0.25, 0.3) is 5.91 Å². The summed E-state index contributed by atoms with van der Waals surface area (Å²) in [5.74, 6) is 1.23. The maximum atomic E-state index is 12.8. The molecule has 1 amide bonds. The van der Waals surface area contributed by atoms with Crippen LogP contribution in [0, 0.1) is 0 Å². The number of fused-ring (bicyclic) bond motifs is 1. The van der Waals surface area contributed by atoms with Crippen LogP contribution in [0.1, 0.15) is 28.4 Å². The van der Waals surface area contributed by atoms with Crippen LogP contribution in [0.2, 0.25) is 0 Å². The third-order valence-electron chi connectivity index (χ3n) is 4.74. The fourth-order valence-electron chi connectivity index (χ4n) is 3.28. The molecular weight excluding hydrogens is 352 g/mol. The minimum Gasteiger partial charge on any atom is -0.494 e. The number of hydrogen-bond donors (Lipinski definition) is 1. The van der Waals surface area contributed by atoms with Gasteiger partial charge in [-0.05, 0) is 48.7 Å². The van der Waals surface area contributed by atoms with E-state index < -0.39 is 0 Å². The minimum atomic E-state index is -0.0397. The lowest BCUT2D eigenvalue weighted by molar-refractivity contribution is 0.0734. The normalized spacial score (nSPS) is 13.0. The van der Waals surface area contributed by atoms with E-state index in [0.29, 0.717) is 31.2 Å². The summed E-state index contributed by atoms with van der Waals surface area (Å²) < 4.78 is 5.43. The number of anilines is 2. The van der Waals surface area contributed by atoms with Crippen molar-refractivity contribution in [1.29, 1.82) is 0 Å². The Hall–Kier alpha value is -3.41. The molecule has 0 bridgehead atoms. The van der Waals surface area contributed by atoms with E-state index in [9.17, 15) is 4.79 Å². The molecule has 0 atom stereocenters. The lowest BCUT2D eigenvalue weighted by Gasteiger charge is -2.28. The fourth-order valence-corrected chi connectivity index (χ4v) is 3.28. The van der Waals surface area contributed by atoms with Gasteiger partial charge in [-0.1, -0.05) is 24.3 Å². The van der Waals surface area contributed by atoms with Crippen LogP contribution in [0.4, 0.5) is 11.6 Å². The van der Waals surface area contributed by atoms with Gasteiger partial charge in [-0.15, -0.1) is 0 Å². The average Bonchev–Trinajstić information content (AvgIpc) is 2.75. The fraction of sp³-hybridized carbons (Fsp3) is 0.227. The number of aromatic nitrogens is 2. The number of nitrogens with one attached hydrogen (secondary N) is 1. The third kappa shape index (κ3) is 3.96. The molecule has 3 aromatic rings. The molecule has 2 heterocycles. The van der Waals surface area contributed by atoms with Crippen LogP contribution in [0.3, 0.4) is 0 Å². The summed E-state index contributed by atoms with van der Waals surface area (Å²) in [6.07, 6.45) is 4.03. The van der Waals surface area contributed by atoms with Crippen LogP contribution in [0.5, 0.6) is 5.75 Å². The molecule has 0 fully saturated rings. The number of carbonyl (C=O) groups excluding carboxylic acids is 1. The highest BCUT2D eigenvalue weighted by Gasteiger charge is 2.22. The standard InChI is InChI=1S/C22H22N4O2/c1-2-28-20-9-7-19(8-10-20)25-22-23-13-18(14-24-22)21(27)26-12-11-16-5-3-4-6-17(16)15-26/h3-10,13-14H,2,11-12,15H2,1H3,(H,23,24,25). The van der Waals surface area contributed by atoms with E-state index in [1.807, 2.05) is 48.2 Å². The van der Waals surface area contributed by atoms with Gasteiger partial charge in [0.15, 0.2) is 0 Å². The number of benzene rings is 2.